The van der Waals surface area contributed by atoms with Crippen molar-refractivity contribution in [3.63, 3.8) is 0 Å². The summed E-state index contributed by atoms with van der Waals surface area (Å²) in [6.45, 7) is 1.86. The molecule has 15 heavy (non-hydrogen) atoms. The number of hydrogen-bond acceptors (Lipinski definition) is 3. The topological polar surface area (TPSA) is 39.2 Å². The van der Waals surface area contributed by atoms with Gasteiger partial charge in [0.1, 0.15) is 5.15 Å². The molecule has 0 saturated carbocycles. The minimum atomic E-state index is -0.171. The number of hydrogen-bond donors (Lipinski definition) is 0. The maximum absolute atomic E-state index is 11.1. The Hall–Kier alpha value is -1.09. The van der Waals surface area contributed by atoms with Crippen molar-refractivity contribution in [2.24, 2.45) is 5.92 Å². The van der Waals surface area contributed by atoms with E-state index in [9.17, 15) is 4.79 Å². The van der Waals surface area contributed by atoms with Crippen LogP contribution in [0.4, 0.5) is 0 Å². The Balaban J connectivity index is 2.47. The average Bonchev–Trinajstić information content (AvgIpc) is 2.25. The molecule has 0 amide bonds. The van der Waals surface area contributed by atoms with Gasteiger partial charge in [-0.05, 0) is 30.5 Å². The van der Waals surface area contributed by atoms with Crippen LogP contribution >= 0.6 is 11.6 Å². The summed E-state index contributed by atoms with van der Waals surface area (Å²) in [5.74, 6) is -0.253. The lowest BCUT2D eigenvalue weighted by atomic mass is 10.0. The van der Waals surface area contributed by atoms with Crippen molar-refractivity contribution in [1.82, 2.24) is 4.98 Å². The van der Waals surface area contributed by atoms with Gasteiger partial charge in [0, 0.05) is 6.20 Å². The molecular formula is C11H14ClNO2. The second kappa shape index (κ2) is 5.71. The fraction of sp³-hybridized carbons (Fsp3) is 0.455. The summed E-state index contributed by atoms with van der Waals surface area (Å²) in [4.78, 5) is 15.0. The maximum Gasteiger partial charge on any atom is 0.308 e. The molecule has 0 spiro atoms. The molecule has 0 aliphatic heterocycles. The molecule has 1 aromatic heterocycles. The molecular weight excluding hydrogens is 214 g/mol. The van der Waals surface area contributed by atoms with Gasteiger partial charge in [0.05, 0.1) is 13.0 Å². The van der Waals surface area contributed by atoms with Gasteiger partial charge >= 0.3 is 5.97 Å². The van der Waals surface area contributed by atoms with Crippen molar-refractivity contribution in [2.75, 3.05) is 7.11 Å². The zero-order valence-electron chi connectivity index (χ0n) is 8.87. The monoisotopic (exact) mass is 227 g/mol. The van der Waals surface area contributed by atoms with E-state index in [2.05, 4.69) is 9.72 Å². The van der Waals surface area contributed by atoms with E-state index in [4.69, 9.17) is 11.6 Å². The lowest BCUT2D eigenvalue weighted by Gasteiger charge is -2.08. The first-order valence-electron chi connectivity index (χ1n) is 4.81. The number of rotatable bonds is 4. The molecule has 1 heterocycles. The van der Waals surface area contributed by atoms with Crippen LogP contribution in [0.2, 0.25) is 5.15 Å². The maximum atomic E-state index is 11.1. The minimum absolute atomic E-state index is 0.0815. The molecule has 0 aromatic carbocycles. The minimum Gasteiger partial charge on any atom is -0.469 e. The summed E-state index contributed by atoms with van der Waals surface area (Å²) in [7, 11) is 1.40. The first-order chi connectivity index (χ1) is 7.13. The molecule has 0 N–H and O–H groups in total. The van der Waals surface area contributed by atoms with Crippen LogP contribution in [0.1, 0.15) is 18.9 Å². The highest BCUT2D eigenvalue weighted by atomic mass is 35.5. The van der Waals surface area contributed by atoms with E-state index in [1.165, 1.54) is 7.11 Å². The van der Waals surface area contributed by atoms with E-state index in [1.54, 1.807) is 6.20 Å². The van der Waals surface area contributed by atoms with Crippen LogP contribution in [0.3, 0.4) is 0 Å². The van der Waals surface area contributed by atoms with Crippen molar-refractivity contribution >= 4 is 17.6 Å². The third-order valence-corrected chi connectivity index (χ3v) is 2.47. The normalized spacial score (nSPS) is 12.2. The van der Waals surface area contributed by atoms with Crippen molar-refractivity contribution < 1.29 is 9.53 Å². The number of halogens is 1. The van der Waals surface area contributed by atoms with E-state index in [0.29, 0.717) is 5.15 Å². The summed E-state index contributed by atoms with van der Waals surface area (Å²) in [6, 6.07) is 3.71. The van der Waals surface area contributed by atoms with Crippen LogP contribution in [-0.4, -0.2) is 18.1 Å². The number of methoxy groups -OCH3 is 1. The van der Waals surface area contributed by atoms with Gasteiger partial charge in [0.25, 0.3) is 0 Å². The van der Waals surface area contributed by atoms with Gasteiger partial charge in [0.2, 0.25) is 0 Å². The van der Waals surface area contributed by atoms with Gasteiger partial charge in [-0.3, -0.25) is 4.79 Å². The number of carbonyl (C=O) groups excluding carboxylic acids is 1. The van der Waals surface area contributed by atoms with Gasteiger partial charge in [-0.2, -0.15) is 0 Å². The standard InChI is InChI=1S/C11H14ClNO2/c1-8(11(14)15-2)3-4-9-5-6-13-10(12)7-9/h5-8H,3-4H2,1-2H3. The molecule has 82 valence electrons. The second-order valence-corrected chi connectivity index (χ2v) is 3.84. The van der Waals surface area contributed by atoms with Crippen molar-refractivity contribution in [3.05, 3.63) is 29.0 Å². The highest BCUT2D eigenvalue weighted by molar-refractivity contribution is 6.29. The highest BCUT2D eigenvalue weighted by Gasteiger charge is 2.12. The van der Waals surface area contributed by atoms with Crippen LogP contribution in [0, 0.1) is 5.92 Å². The van der Waals surface area contributed by atoms with Crippen LogP contribution in [-0.2, 0) is 16.0 Å². The molecule has 0 bridgehead atoms. The van der Waals surface area contributed by atoms with Gasteiger partial charge in [0.15, 0.2) is 0 Å². The largest absolute Gasteiger partial charge is 0.469 e. The van der Waals surface area contributed by atoms with Crippen LogP contribution in [0.5, 0.6) is 0 Å². The van der Waals surface area contributed by atoms with Gasteiger partial charge in [-0.15, -0.1) is 0 Å². The first-order valence-corrected chi connectivity index (χ1v) is 5.19. The lowest BCUT2D eigenvalue weighted by Crippen LogP contribution is -2.13. The molecule has 1 aromatic rings. The highest BCUT2D eigenvalue weighted by Crippen LogP contribution is 2.13. The fourth-order valence-electron chi connectivity index (χ4n) is 1.30. The van der Waals surface area contributed by atoms with E-state index in [1.807, 2.05) is 19.1 Å². The lowest BCUT2D eigenvalue weighted by molar-refractivity contribution is -0.145. The Labute approximate surface area is 94.4 Å². The molecule has 3 nitrogen and oxygen atoms in total. The van der Waals surface area contributed by atoms with Crippen molar-refractivity contribution in [1.29, 1.82) is 0 Å². The number of esters is 1. The van der Waals surface area contributed by atoms with Crippen molar-refractivity contribution in [3.8, 4) is 0 Å². The third-order valence-electron chi connectivity index (χ3n) is 2.26. The van der Waals surface area contributed by atoms with E-state index in [-0.39, 0.29) is 11.9 Å². The van der Waals surface area contributed by atoms with Gasteiger partial charge < -0.3 is 4.74 Å². The predicted molar refractivity (Wildman–Crippen MR) is 58.7 cm³/mol. The molecule has 0 aliphatic carbocycles. The van der Waals surface area contributed by atoms with E-state index in [0.717, 1.165) is 18.4 Å². The summed E-state index contributed by atoms with van der Waals surface area (Å²) in [6.07, 6.45) is 3.23. The molecule has 1 atom stereocenters. The van der Waals surface area contributed by atoms with E-state index < -0.39 is 0 Å². The molecule has 0 fully saturated rings. The molecule has 1 unspecified atom stereocenters. The van der Waals surface area contributed by atoms with Crippen LogP contribution in [0.15, 0.2) is 18.3 Å². The Bertz CT molecular complexity index is 341. The van der Waals surface area contributed by atoms with E-state index >= 15 is 0 Å². The quantitative estimate of drug-likeness (QED) is 0.586. The fourth-order valence-corrected chi connectivity index (χ4v) is 1.50. The van der Waals surface area contributed by atoms with Crippen molar-refractivity contribution in [2.45, 2.75) is 19.8 Å². The predicted octanol–water partition coefficient (Wildman–Crippen LogP) is 2.48. The summed E-state index contributed by atoms with van der Waals surface area (Å²) >= 11 is 5.75. The number of aromatic nitrogens is 1. The van der Waals surface area contributed by atoms with Gasteiger partial charge in [-0.1, -0.05) is 18.5 Å². The summed E-state index contributed by atoms with van der Waals surface area (Å²) < 4.78 is 4.65. The Morgan fingerprint density at radius 2 is 2.40 bits per heavy atom. The summed E-state index contributed by atoms with van der Waals surface area (Å²) in [5, 5.41) is 0.484. The number of aryl methyl sites for hydroxylation is 1. The van der Waals surface area contributed by atoms with Crippen LogP contribution in [0.25, 0.3) is 0 Å². The molecule has 0 radical (unpaired) electrons. The number of carbonyl (C=O) groups is 1. The van der Waals surface area contributed by atoms with Gasteiger partial charge in [-0.25, -0.2) is 4.98 Å². The second-order valence-electron chi connectivity index (χ2n) is 3.45. The molecule has 4 heteroatoms. The third kappa shape index (κ3) is 3.88. The Kier molecular flexibility index (Phi) is 4.56. The number of nitrogens with zero attached hydrogens (tertiary/aromatic N) is 1. The Morgan fingerprint density at radius 1 is 1.67 bits per heavy atom. The molecule has 1 rings (SSSR count). The molecule has 0 saturated heterocycles. The first kappa shape index (κ1) is 12.0. The van der Waals surface area contributed by atoms with Crippen LogP contribution < -0.4 is 0 Å². The zero-order valence-corrected chi connectivity index (χ0v) is 9.62. The molecule has 0 aliphatic rings. The summed E-state index contributed by atoms with van der Waals surface area (Å²) in [5.41, 5.74) is 1.09. The average molecular weight is 228 g/mol. The number of ether oxygens (including phenoxy) is 1. The SMILES string of the molecule is COC(=O)C(C)CCc1ccnc(Cl)c1. The smallest absolute Gasteiger partial charge is 0.308 e. The zero-order chi connectivity index (χ0) is 11.3. The number of pyridine rings is 1. The Morgan fingerprint density at radius 3 is 3.00 bits per heavy atom.